The van der Waals surface area contributed by atoms with Crippen molar-refractivity contribution < 1.29 is 4.12 Å². The summed E-state index contributed by atoms with van der Waals surface area (Å²) in [6, 6.07) is 10.5. The van der Waals surface area contributed by atoms with E-state index >= 15 is 0 Å². The highest BCUT2D eigenvalue weighted by molar-refractivity contribution is 6.56. The Balaban J connectivity index is 2.28. The van der Waals surface area contributed by atoms with Crippen LogP contribution in [0, 0.1) is 0 Å². The van der Waals surface area contributed by atoms with Crippen molar-refractivity contribution in [3.05, 3.63) is 41.6 Å². The minimum absolute atomic E-state index is 0.385. The van der Waals surface area contributed by atoms with Crippen LogP contribution in [0.5, 0.6) is 0 Å². The normalized spacial score (nSPS) is 13.5. The Morgan fingerprint density at radius 2 is 2.00 bits per heavy atom. The van der Waals surface area contributed by atoms with Crippen LogP contribution in [0.1, 0.15) is 13.8 Å². The fraction of sp³-hybridized carbons (Fsp3) is 0.200. The van der Waals surface area contributed by atoms with Crippen LogP contribution >= 0.6 is 0 Å². The average Bonchev–Trinajstić information content (AvgIpc) is 2.19. The molecule has 0 saturated heterocycles. The van der Waals surface area contributed by atoms with Gasteiger partial charge in [0, 0.05) is 0 Å². The van der Waals surface area contributed by atoms with Crippen LogP contribution in [0.4, 0.5) is 0 Å². The van der Waals surface area contributed by atoms with Crippen molar-refractivity contribution in [2.45, 2.75) is 13.8 Å². The predicted molar refractivity (Wildman–Crippen MR) is 63.7 cm³/mol. The van der Waals surface area contributed by atoms with Crippen molar-refractivity contribution >= 4 is 24.7 Å². The summed E-state index contributed by atoms with van der Waals surface area (Å²) in [5, 5.41) is 2.85. The minimum Gasteiger partial charge on any atom is -0.458 e. The van der Waals surface area contributed by atoms with Gasteiger partial charge in [-0.25, -0.2) is 0 Å². The lowest BCUT2D eigenvalue weighted by Crippen LogP contribution is -2.19. The fourth-order valence-electron chi connectivity index (χ4n) is 0.987. The monoisotopic (exact) mass is 208 g/mol. The van der Waals surface area contributed by atoms with Crippen LogP contribution in [0.25, 0.3) is 0 Å². The topological polar surface area (TPSA) is 9.23 Å². The molecule has 1 nitrogen and oxygen atoms in total. The summed E-state index contributed by atoms with van der Waals surface area (Å²) in [5.41, 5.74) is 0. The summed E-state index contributed by atoms with van der Waals surface area (Å²) in [4.78, 5) is 0. The maximum absolute atomic E-state index is 5.78. The van der Waals surface area contributed by atoms with Gasteiger partial charge in [-0.3, -0.25) is 0 Å². The second-order valence-corrected chi connectivity index (χ2v) is 7.26. The molecule has 1 aromatic carbocycles. The molecular formula is C10H16OSi2. The molecule has 3 heteroatoms. The third-order valence-electron chi connectivity index (χ3n) is 1.93. The molecule has 70 valence electrons. The SMILES string of the molecule is CC=C(C)[SiH2]O[SiH2]c1ccccc1. The zero-order valence-corrected chi connectivity index (χ0v) is 11.1. The highest BCUT2D eigenvalue weighted by atomic mass is 28.3. The van der Waals surface area contributed by atoms with Gasteiger partial charge in [-0.2, -0.15) is 0 Å². The first-order valence-electron chi connectivity index (χ1n) is 4.56. The number of hydrogen-bond acceptors (Lipinski definition) is 1. The van der Waals surface area contributed by atoms with Crippen LogP contribution in [-0.4, -0.2) is 19.5 Å². The Kier molecular flexibility index (Phi) is 4.74. The van der Waals surface area contributed by atoms with Crippen molar-refractivity contribution in [3.63, 3.8) is 0 Å². The van der Waals surface area contributed by atoms with Gasteiger partial charge < -0.3 is 4.12 Å². The van der Waals surface area contributed by atoms with Crippen molar-refractivity contribution in [2.24, 2.45) is 0 Å². The molecule has 13 heavy (non-hydrogen) atoms. The molecule has 0 unspecified atom stereocenters. The molecule has 0 heterocycles. The summed E-state index contributed by atoms with van der Waals surface area (Å²) < 4.78 is 5.78. The van der Waals surface area contributed by atoms with Crippen LogP contribution in [0.2, 0.25) is 0 Å². The van der Waals surface area contributed by atoms with Crippen LogP contribution in [0.3, 0.4) is 0 Å². The maximum atomic E-state index is 5.78. The molecule has 0 aliphatic heterocycles. The third-order valence-corrected chi connectivity index (χ3v) is 5.24. The van der Waals surface area contributed by atoms with E-state index in [1.165, 1.54) is 10.4 Å². The van der Waals surface area contributed by atoms with Crippen LogP contribution < -0.4 is 5.19 Å². The van der Waals surface area contributed by atoms with Crippen LogP contribution in [-0.2, 0) is 4.12 Å². The number of allylic oxidation sites excluding steroid dienone is 2. The molecule has 0 spiro atoms. The highest BCUT2D eigenvalue weighted by Gasteiger charge is 1.93. The fourth-order valence-corrected chi connectivity index (χ4v) is 4.26. The van der Waals surface area contributed by atoms with Gasteiger partial charge in [-0.05, 0) is 19.0 Å². The van der Waals surface area contributed by atoms with Gasteiger partial charge in [0.1, 0.15) is 0 Å². The molecule has 0 fully saturated rings. The highest BCUT2D eigenvalue weighted by Crippen LogP contribution is 1.88. The van der Waals surface area contributed by atoms with Gasteiger partial charge in [-0.15, -0.1) is 0 Å². The molecule has 0 aliphatic rings. The van der Waals surface area contributed by atoms with Crippen molar-refractivity contribution in [1.29, 1.82) is 0 Å². The summed E-state index contributed by atoms with van der Waals surface area (Å²) in [6.07, 6.45) is 2.16. The first-order valence-corrected chi connectivity index (χ1v) is 7.13. The summed E-state index contributed by atoms with van der Waals surface area (Å²) in [5.74, 6) is 0. The van der Waals surface area contributed by atoms with E-state index in [-0.39, 0.29) is 9.76 Å². The summed E-state index contributed by atoms with van der Waals surface area (Å²) in [6.45, 7) is 4.24. The van der Waals surface area contributed by atoms with E-state index in [4.69, 9.17) is 4.12 Å². The molecule has 0 aromatic heterocycles. The molecule has 0 radical (unpaired) electrons. The van der Waals surface area contributed by atoms with E-state index < -0.39 is 9.76 Å². The smallest absolute Gasteiger partial charge is 0.178 e. The van der Waals surface area contributed by atoms with E-state index in [0.717, 1.165) is 0 Å². The lowest BCUT2D eigenvalue weighted by molar-refractivity contribution is 0.658. The maximum Gasteiger partial charge on any atom is 0.178 e. The van der Waals surface area contributed by atoms with Gasteiger partial charge in [0.2, 0.25) is 0 Å². The summed E-state index contributed by atoms with van der Waals surface area (Å²) >= 11 is 0. The van der Waals surface area contributed by atoms with Gasteiger partial charge >= 0.3 is 0 Å². The first kappa shape index (κ1) is 10.4. The van der Waals surface area contributed by atoms with Crippen molar-refractivity contribution in [1.82, 2.24) is 0 Å². The van der Waals surface area contributed by atoms with Gasteiger partial charge in [0.25, 0.3) is 0 Å². The largest absolute Gasteiger partial charge is 0.458 e. The predicted octanol–water partition coefficient (Wildman–Crippen LogP) is 0.420. The zero-order chi connectivity index (χ0) is 9.52. The molecule has 0 amide bonds. The van der Waals surface area contributed by atoms with Crippen molar-refractivity contribution in [3.8, 4) is 0 Å². The Hall–Kier alpha value is -0.646. The van der Waals surface area contributed by atoms with E-state index in [0.29, 0.717) is 0 Å². The molecule has 0 bridgehead atoms. The standard InChI is InChI=1S/C10H16OSi2/c1-3-9(2)12-11-13-10-7-5-4-6-8-10/h3-8H,12-13H2,1-2H3. The number of hydrogen-bond donors (Lipinski definition) is 0. The molecule has 0 atom stereocenters. The Morgan fingerprint density at radius 1 is 1.31 bits per heavy atom. The van der Waals surface area contributed by atoms with E-state index in [2.05, 4.69) is 44.2 Å². The lowest BCUT2D eigenvalue weighted by atomic mass is 10.4. The average molecular weight is 208 g/mol. The Labute approximate surface area is 84.7 Å². The summed E-state index contributed by atoms with van der Waals surface area (Å²) in [7, 11) is -0.828. The molecule has 1 rings (SSSR count). The van der Waals surface area contributed by atoms with Gasteiger partial charge in [-0.1, -0.05) is 41.6 Å². The Bertz CT molecular complexity index is 270. The van der Waals surface area contributed by atoms with E-state index in [1.54, 1.807) is 0 Å². The molecular weight excluding hydrogens is 192 g/mol. The molecule has 0 N–H and O–H groups in total. The Morgan fingerprint density at radius 3 is 2.62 bits per heavy atom. The lowest BCUT2D eigenvalue weighted by Gasteiger charge is -2.02. The number of benzene rings is 1. The molecule has 0 saturated carbocycles. The first-order chi connectivity index (χ1) is 6.33. The number of rotatable bonds is 4. The van der Waals surface area contributed by atoms with Gasteiger partial charge in [0.05, 0.1) is 0 Å². The van der Waals surface area contributed by atoms with Crippen LogP contribution in [0.15, 0.2) is 41.6 Å². The third kappa shape index (κ3) is 4.21. The van der Waals surface area contributed by atoms with E-state index in [9.17, 15) is 0 Å². The van der Waals surface area contributed by atoms with E-state index in [1.807, 2.05) is 6.07 Å². The molecule has 0 aliphatic carbocycles. The van der Waals surface area contributed by atoms with Gasteiger partial charge in [0.15, 0.2) is 19.5 Å². The zero-order valence-electron chi connectivity index (χ0n) is 8.29. The minimum atomic E-state index is -0.443. The second kappa shape index (κ2) is 5.91. The molecule has 1 aromatic rings. The van der Waals surface area contributed by atoms with Crippen molar-refractivity contribution in [2.75, 3.05) is 0 Å². The second-order valence-electron chi connectivity index (χ2n) is 3.11. The quantitative estimate of drug-likeness (QED) is 0.652.